The highest BCUT2D eigenvalue weighted by Crippen LogP contribution is 2.22. The quantitative estimate of drug-likeness (QED) is 0.773. The van der Waals surface area contributed by atoms with Crippen LogP contribution in [0.4, 0.5) is 0 Å². The summed E-state index contributed by atoms with van der Waals surface area (Å²) in [5.74, 6) is -0.221. The molecule has 1 amide bonds. The van der Waals surface area contributed by atoms with Crippen LogP contribution in [0.25, 0.3) is 0 Å². The number of amides is 1. The molecule has 0 bridgehead atoms. The molecule has 0 aromatic carbocycles. The average Bonchev–Trinajstić information content (AvgIpc) is 2.83. The van der Waals surface area contributed by atoms with Crippen molar-refractivity contribution in [3.05, 3.63) is 21.4 Å². The molecule has 1 N–H and O–H groups in total. The van der Waals surface area contributed by atoms with Gasteiger partial charge in [-0.3, -0.25) is 9.59 Å². The Kier molecular flexibility index (Phi) is 6.17. The Hall–Kier alpha value is -1.25. The molecule has 1 saturated heterocycles. The minimum Gasteiger partial charge on any atom is -0.352 e. The first kappa shape index (κ1) is 19.1. The summed E-state index contributed by atoms with van der Waals surface area (Å²) in [6.45, 7) is 4.67. The fraction of sp³-hybridized carbons (Fsp3) is 0.625. The largest absolute Gasteiger partial charge is 0.352 e. The van der Waals surface area contributed by atoms with Gasteiger partial charge in [0.15, 0.2) is 5.78 Å². The number of carbonyl (C=O) groups excluding carboxylic acids is 2. The maximum absolute atomic E-state index is 12.2. The molecule has 0 aliphatic carbocycles. The van der Waals surface area contributed by atoms with Crippen LogP contribution in [0, 0.1) is 13.8 Å². The molecule has 8 heteroatoms. The van der Waals surface area contributed by atoms with Crippen LogP contribution in [-0.2, 0) is 14.8 Å². The molecule has 1 aromatic heterocycles. The second-order valence-corrected chi connectivity index (χ2v) is 9.72. The van der Waals surface area contributed by atoms with Gasteiger partial charge >= 0.3 is 0 Å². The Balaban J connectivity index is 1.83. The smallest absolute Gasteiger partial charge is 0.220 e. The summed E-state index contributed by atoms with van der Waals surface area (Å²) in [4.78, 5) is 26.3. The fourth-order valence-corrected chi connectivity index (χ4v) is 4.78. The van der Waals surface area contributed by atoms with E-state index in [2.05, 4.69) is 5.32 Å². The van der Waals surface area contributed by atoms with Crippen LogP contribution < -0.4 is 5.32 Å². The number of sulfonamides is 1. The van der Waals surface area contributed by atoms with Crippen molar-refractivity contribution in [1.82, 2.24) is 9.62 Å². The van der Waals surface area contributed by atoms with Gasteiger partial charge in [0.2, 0.25) is 15.9 Å². The first-order valence-electron chi connectivity index (χ1n) is 8.01. The van der Waals surface area contributed by atoms with Gasteiger partial charge in [-0.1, -0.05) is 0 Å². The third-order valence-electron chi connectivity index (χ3n) is 4.14. The van der Waals surface area contributed by atoms with Gasteiger partial charge in [-0.05, 0) is 32.8 Å². The SMILES string of the molecule is Cc1cc(C(=O)CCC(=O)N[C@H]2CCCN(S(C)(=O)=O)C2)c(C)s1. The number of rotatable bonds is 6. The van der Waals surface area contributed by atoms with Crippen LogP contribution in [0.5, 0.6) is 0 Å². The van der Waals surface area contributed by atoms with Crippen LogP contribution >= 0.6 is 11.3 Å². The van der Waals surface area contributed by atoms with E-state index in [1.807, 2.05) is 19.9 Å². The summed E-state index contributed by atoms with van der Waals surface area (Å²) in [5.41, 5.74) is 0.700. The Morgan fingerprint density at radius 2 is 2.04 bits per heavy atom. The van der Waals surface area contributed by atoms with Gasteiger partial charge in [0.25, 0.3) is 0 Å². The van der Waals surface area contributed by atoms with Crippen LogP contribution in [0.2, 0.25) is 0 Å². The molecule has 0 radical (unpaired) electrons. The minimum atomic E-state index is -3.23. The lowest BCUT2D eigenvalue weighted by Gasteiger charge is -2.31. The third kappa shape index (κ3) is 5.12. The highest BCUT2D eigenvalue weighted by Gasteiger charge is 2.26. The number of carbonyl (C=O) groups is 2. The van der Waals surface area contributed by atoms with Gasteiger partial charge in [-0.15, -0.1) is 11.3 Å². The summed E-state index contributed by atoms with van der Waals surface area (Å²) in [5, 5.41) is 2.85. The minimum absolute atomic E-state index is 0.0200. The van der Waals surface area contributed by atoms with Crippen LogP contribution in [0.3, 0.4) is 0 Å². The molecule has 6 nitrogen and oxygen atoms in total. The number of nitrogens with one attached hydrogen (secondary N) is 1. The Morgan fingerprint density at radius 1 is 1.33 bits per heavy atom. The maximum atomic E-state index is 12.2. The Morgan fingerprint density at radius 3 is 2.62 bits per heavy atom. The molecule has 1 atom stereocenters. The van der Waals surface area contributed by atoms with Gasteiger partial charge in [-0.2, -0.15) is 0 Å². The lowest BCUT2D eigenvalue weighted by atomic mass is 10.1. The van der Waals surface area contributed by atoms with E-state index >= 15 is 0 Å². The van der Waals surface area contributed by atoms with Crippen molar-refractivity contribution in [3.8, 4) is 0 Å². The molecular formula is C16H24N2O4S2. The van der Waals surface area contributed by atoms with E-state index in [1.54, 1.807) is 11.3 Å². The van der Waals surface area contributed by atoms with Crippen molar-refractivity contribution in [3.63, 3.8) is 0 Å². The van der Waals surface area contributed by atoms with E-state index < -0.39 is 10.0 Å². The molecular weight excluding hydrogens is 348 g/mol. The number of hydrogen-bond acceptors (Lipinski definition) is 5. The molecule has 2 rings (SSSR count). The Bertz CT molecular complexity index is 724. The molecule has 1 aliphatic rings. The molecule has 1 aromatic rings. The summed E-state index contributed by atoms with van der Waals surface area (Å²) in [6, 6.07) is 1.69. The van der Waals surface area contributed by atoms with E-state index in [9.17, 15) is 18.0 Å². The third-order valence-corrected chi connectivity index (χ3v) is 6.37. The molecule has 0 spiro atoms. The molecule has 0 saturated carbocycles. The van der Waals surface area contributed by atoms with Gasteiger partial charge < -0.3 is 5.32 Å². The summed E-state index contributed by atoms with van der Waals surface area (Å²) < 4.78 is 24.6. The Labute approximate surface area is 147 Å². The first-order valence-corrected chi connectivity index (χ1v) is 10.7. The second-order valence-electron chi connectivity index (χ2n) is 6.28. The average molecular weight is 373 g/mol. The zero-order chi connectivity index (χ0) is 17.9. The summed E-state index contributed by atoms with van der Waals surface area (Å²) in [6.07, 6.45) is 2.97. The predicted octanol–water partition coefficient (Wildman–Crippen LogP) is 1.87. The molecule has 2 heterocycles. The lowest BCUT2D eigenvalue weighted by Crippen LogP contribution is -2.49. The maximum Gasteiger partial charge on any atom is 0.220 e. The standard InChI is InChI=1S/C16H24N2O4S2/c1-11-9-14(12(2)23-11)15(19)6-7-16(20)17-13-5-4-8-18(10-13)24(3,21)22/h9,13H,4-8,10H2,1-3H3,(H,17,20)/t13-/m0/s1. The van der Waals surface area contributed by atoms with Crippen molar-refractivity contribution in [2.75, 3.05) is 19.3 Å². The van der Waals surface area contributed by atoms with E-state index in [0.717, 1.165) is 22.6 Å². The van der Waals surface area contributed by atoms with E-state index in [0.29, 0.717) is 18.7 Å². The van der Waals surface area contributed by atoms with Crippen LogP contribution in [0.15, 0.2) is 6.07 Å². The number of thiophene rings is 1. The van der Waals surface area contributed by atoms with Crippen molar-refractivity contribution in [2.24, 2.45) is 0 Å². The van der Waals surface area contributed by atoms with Crippen LogP contribution in [-0.4, -0.2) is 49.8 Å². The number of ketones is 1. The number of aryl methyl sites for hydroxylation is 2. The normalized spacial score (nSPS) is 19.2. The fourth-order valence-electron chi connectivity index (χ4n) is 2.93. The van der Waals surface area contributed by atoms with E-state index in [-0.39, 0.29) is 30.6 Å². The van der Waals surface area contributed by atoms with Crippen molar-refractivity contribution in [2.45, 2.75) is 45.6 Å². The van der Waals surface area contributed by atoms with Crippen molar-refractivity contribution >= 4 is 33.1 Å². The van der Waals surface area contributed by atoms with Crippen LogP contribution in [0.1, 0.15) is 45.8 Å². The molecule has 24 heavy (non-hydrogen) atoms. The number of Topliss-reactive ketones (excluding diaryl/α,β-unsaturated/α-hetero) is 1. The number of nitrogens with zero attached hydrogens (tertiary/aromatic N) is 1. The number of hydrogen-bond donors (Lipinski definition) is 1. The summed E-state index contributed by atoms with van der Waals surface area (Å²) in [7, 11) is -3.23. The summed E-state index contributed by atoms with van der Waals surface area (Å²) >= 11 is 1.58. The molecule has 0 unspecified atom stereocenters. The van der Waals surface area contributed by atoms with E-state index in [1.165, 1.54) is 10.6 Å². The monoisotopic (exact) mass is 372 g/mol. The van der Waals surface area contributed by atoms with E-state index in [4.69, 9.17) is 0 Å². The lowest BCUT2D eigenvalue weighted by molar-refractivity contribution is -0.122. The molecule has 134 valence electrons. The van der Waals surface area contributed by atoms with Gasteiger partial charge in [0.05, 0.1) is 6.26 Å². The number of piperidine rings is 1. The van der Waals surface area contributed by atoms with Crippen molar-refractivity contribution in [1.29, 1.82) is 0 Å². The zero-order valence-corrected chi connectivity index (χ0v) is 15.9. The highest BCUT2D eigenvalue weighted by atomic mass is 32.2. The zero-order valence-electron chi connectivity index (χ0n) is 14.3. The van der Waals surface area contributed by atoms with Gasteiger partial charge in [-0.25, -0.2) is 12.7 Å². The first-order chi connectivity index (χ1) is 11.2. The predicted molar refractivity (Wildman–Crippen MR) is 94.9 cm³/mol. The highest BCUT2D eigenvalue weighted by molar-refractivity contribution is 7.88. The topological polar surface area (TPSA) is 83.6 Å². The van der Waals surface area contributed by atoms with Gasteiger partial charge in [0, 0.05) is 47.3 Å². The second kappa shape index (κ2) is 7.76. The van der Waals surface area contributed by atoms with Crippen molar-refractivity contribution < 1.29 is 18.0 Å². The van der Waals surface area contributed by atoms with Gasteiger partial charge in [0.1, 0.15) is 0 Å². The molecule has 1 fully saturated rings. The molecule has 1 aliphatic heterocycles.